The molecule has 4 heteroatoms. The van der Waals surface area contributed by atoms with E-state index in [1.807, 2.05) is 26.0 Å². The Morgan fingerprint density at radius 3 is 1.90 bits per heavy atom. The fourth-order valence-electron chi connectivity index (χ4n) is 1.88. The second-order valence-corrected chi connectivity index (χ2v) is 6.60. The summed E-state index contributed by atoms with van der Waals surface area (Å²) in [6, 6.07) is 14.0. The molecule has 0 aromatic heterocycles. The van der Waals surface area contributed by atoms with Gasteiger partial charge in [0.15, 0.2) is 0 Å². The molecule has 0 aliphatic rings. The van der Waals surface area contributed by atoms with Gasteiger partial charge in [0.25, 0.3) is 10.0 Å². The summed E-state index contributed by atoms with van der Waals surface area (Å²) >= 11 is 0. The van der Waals surface area contributed by atoms with Gasteiger partial charge in [-0.1, -0.05) is 42.0 Å². The molecule has 2 aromatic carbocycles. The summed E-state index contributed by atoms with van der Waals surface area (Å²) in [4.78, 5) is 0.236. The molecule has 0 radical (unpaired) electrons. The van der Waals surface area contributed by atoms with Gasteiger partial charge in [0.2, 0.25) is 0 Å². The lowest BCUT2D eigenvalue weighted by molar-refractivity contribution is 0.596. The molecular formula is C17H17NO2S. The predicted molar refractivity (Wildman–Crippen MR) is 85.7 cm³/mol. The zero-order chi connectivity index (χ0) is 15.5. The molecule has 108 valence electrons. The van der Waals surface area contributed by atoms with E-state index >= 15 is 0 Å². The first-order valence-electron chi connectivity index (χ1n) is 6.49. The highest BCUT2D eigenvalue weighted by molar-refractivity contribution is 7.93. The van der Waals surface area contributed by atoms with Crippen molar-refractivity contribution in [3.63, 3.8) is 0 Å². The van der Waals surface area contributed by atoms with E-state index in [2.05, 4.69) is 12.3 Å². The van der Waals surface area contributed by atoms with Crippen molar-refractivity contribution in [2.75, 3.05) is 4.31 Å². The molecule has 0 aliphatic heterocycles. The van der Waals surface area contributed by atoms with Crippen LogP contribution in [0.5, 0.6) is 0 Å². The van der Waals surface area contributed by atoms with E-state index in [9.17, 15) is 8.42 Å². The molecule has 0 saturated carbocycles. The first-order valence-corrected chi connectivity index (χ1v) is 7.93. The Hall–Kier alpha value is -2.29. The maximum atomic E-state index is 12.7. The van der Waals surface area contributed by atoms with Crippen LogP contribution in [-0.2, 0) is 10.0 Å². The fraction of sp³-hybridized carbons (Fsp3) is 0.118. The summed E-state index contributed by atoms with van der Waals surface area (Å²) in [6.07, 6.45) is 1.33. The summed E-state index contributed by atoms with van der Waals surface area (Å²) in [7, 11) is -3.67. The van der Waals surface area contributed by atoms with Gasteiger partial charge in [0.1, 0.15) is 0 Å². The van der Waals surface area contributed by atoms with Crippen LogP contribution in [0.1, 0.15) is 11.1 Å². The number of hydrogen-bond donors (Lipinski definition) is 0. The summed E-state index contributed by atoms with van der Waals surface area (Å²) in [5.41, 5.74) is 5.17. The topological polar surface area (TPSA) is 37.4 Å². The molecule has 2 aromatic rings. The summed E-state index contributed by atoms with van der Waals surface area (Å²) in [6.45, 7) is 7.34. The van der Waals surface area contributed by atoms with Crippen LogP contribution < -0.4 is 4.31 Å². The van der Waals surface area contributed by atoms with Crippen LogP contribution in [0.15, 0.2) is 71.9 Å². The van der Waals surface area contributed by atoms with Crippen molar-refractivity contribution in [3.8, 4) is 0 Å². The number of aryl methyl sites for hydroxylation is 2. The third-order valence-corrected chi connectivity index (χ3v) is 4.78. The molecule has 0 N–H and O–H groups in total. The Morgan fingerprint density at radius 1 is 0.952 bits per heavy atom. The van der Waals surface area contributed by atoms with Crippen LogP contribution in [0.3, 0.4) is 0 Å². The van der Waals surface area contributed by atoms with Crippen LogP contribution in [0.25, 0.3) is 0 Å². The number of hydrogen-bond acceptors (Lipinski definition) is 2. The monoisotopic (exact) mass is 299 g/mol. The first kappa shape index (κ1) is 15.1. The van der Waals surface area contributed by atoms with Gasteiger partial charge in [0.05, 0.1) is 16.8 Å². The highest BCUT2D eigenvalue weighted by Gasteiger charge is 2.22. The minimum absolute atomic E-state index is 0.236. The van der Waals surface area contributed by atoms with Crippen molar-refractivity contribution in [1.82, 2.24) is 0 Å². The van der Waals surface area contributed by atoms with Crippen LogP contribution >= 0.6 is 0 Å². The van der Waals surface area contributed by atoms with Crippen molar-refractivity contribution in [2.45, 2.75) is 18.7 Å². The lowest BCUT2D eigenvalue weighted by Gasteiger charge is -2.20. The van der Waals surface area contributed by atoms with E-state index in [-0.39, 0.29) is 4.90 Å². The van der Waals surface area contributed by atoms with Crippen molar-refractivity contribution >= 4 is 15.7 Å². The highest BCUT2D eigenvalue weighted by atomic mass is 32.2. The molecule has 0 bridgehead atoms. The number of anilines is 1. The van der Waals surface area contributed by atoms with E-state index in [0.717, 1.165) is 11.1 Å². The zero-order valence-electron chi connectivity index (χ0n) is 12.1. The Labute approximate surface area is 125 Å². The van der Waals surface area contributed by atoms with Gasteiger partial charge < -0.3 is 0 Å². The zero-order valence-corrected chi connectivity index (χ0v) is 12.9. The summed E-state index contributed by atoms with van der Waals surface area (Å²) in [5.74, 6) is 0. The van der Waals surface area contributed by atoms with Gasteiger partial charge in [-0.2, -0.15) is 0 Å². The standard InChI is InChI=1S/C17H17NO2S/c1-4-13-18(16-9-5-14(2)6-10-16)21(19,20)17-11-7-15(3)8-12-17/h5-13H,1H2,2-3H3. The van der Waals surface area contributed by atoms with E-state index in [4.69, 9.17) is 0 Å². The summed E-state index contributed by atoms with van der Waals surface area (Å²) < 4.78 is 26.7. The number of rotatable bonds is 4. The molecule has 0 aliphatic carbocycles. The normalized spacial score (nSPS) is 10.8. The van der Waals surface area contributed by atoms with Gasteiger partial charge in [-0.05, 0) is 38.1 Å². The molecule has 21 heavy (non-hydrogen) atoms. The van der Waals surface area contributed by atoms with Gasteiger partial charge in [-0.25, -0.2) is 12.7 Å². The molecule has 0 saturated heterocycles. The third-order valence-electron chi connectivity index (χ3n) is 3.07. The molecule has 2 rings (SSSR count). The fourth-order valence-corrected chi connectivity index (χ4v) is 3.20. The van der Waals surface area contributed by atoms with Crippen LogP contribution in [-0.4, -0.2) is 8.42 Å². The van der Waals surface area contributed by atoms with Gasteiger partial charge in [-0.15, -0.1) is 5.73 Å². The Morgan fingerprint density at radius 2 is 1.43 bits per heavy atom. The van der Waals surface area contributed by atoms with E-state index in [1.54, 1.807) is 36.4 Å². The van der Waals surface area contributed by atoms with E-state index in [1.165, 1.54) is 10.5 Å². The lowest BCUT2D eigenvalue weighted by Crippen LogP contribution is -2.25. The molecule has 0 amide bonds. The maximum Gasteiger partial charge on any atom is 0.268 e. The van der Waals surface area contributed by atoms with Crippen molar-refractivity contribution < 1.29 is 8.42 Å². The van der Waals surface area contributed by atoms with Crippen LogP contribution in [0.4, 0.5) is 5.69 Å². The number of nitrogens with zero attached hydrogens (tertiary/aromatic N) is 1. The highest BCUT2D eigenvalue weighted by Crippen LogP contribution is 2.24. The second kappa shape index (κ2) is 6.00. The van der Waals surface area contributed by atoms with Gasteiger partial charge in [-0.3, -0.25) is 0 Å². The molecule has 0 spiro atoms. The second-order valence-electron chi connectivity index (χ2n) is 4.78. The van der Waals surface area contributed by atoms with Crippen molar-refractivity contribution in [2.24, 2.45) is 0 Å². The maximum absolute atomic E-state index is 12.7. The van der Waals surface area contributed by atoms with Crippen LogP contribution in [0.2, 0.25) is 0 Å². The molecule has 0 atom stereocenters. The number of sulfonamides is 1. The third kappa shape index (κ3) is 3.24. The SMILES string of the molecule is C=C=CN(c1ccc(C)cc1)S(=O)(=O)c1ccc(C)cc1. The molecule has 0 heterocycles. The molecular weight excluding hydrogens is 282 g/mol. The van der Waals surface area contributed by atoms with E-state index < -0.39 is 10.0 Å². The average Bonchev–Trinajstić information content (AvgIpc) is 2.46. The quantitative estimate of drug-likeness (QED) is 0.805. The van der Waals surface area contributed by atoms with Gasteiger partial charge in [0, 0.05) is 0 Å². The molecule has 3 nitrogen and oxygen atoms in total. The Balaban J connectivity index is 2.53. The minimum atomic E-state index is -3.67. The number of benzene rings is 2. The predicted octanol–water partition coefficient (Wildman–Crippen LogP) is 3.80. The average molecular weight is 299 g/mol. The van der Waals surface area contributed by atoms with E-state index in [0.29, 0.717) is 5.69 Å². The van der Waals surface area contributed by atoms with Crippen LogP contribution in [0, 0.1) is 13.8 Å². The van der Waals surface area contributed by atoms with Gasteiger partial charge >= 0.3 is 0 Å². The molecule has 0 fully saturated rings. The Bertz CT molecular complexity index is 769. The summed E-state index contributed by atoms with van der Waals surface area (Å²) in [5, 5.41) is 0. The Kier molecular flexibility index (Phi) is 4.32. The van der Waals surface area contributed by atoms with Crippen molar-refractivity contribution in [3.05, 3.63) is 78.2 Å². The lowest BCUT2D eigenvalue weighted by atomic mass is 10.2. The van der Waals surface area contributed by atoms with Crippen molar-refractivity contribution in [1.29, 1.82) is 0 Å². The smallest absolute Gasteiger partial charge is 0.234 e. The largest absolute Gasteiger partial charge is 0.268 e. The first-order chi connectivity index (χ1) is 9.95. The molecule has 0 unspecified atom stereocenters. The minimum Gasteiger partial charge on any atom is -0.234 e.